The predicted octanol–water partition coefficient (Wildman–Crippen LogP) is 7.97. The van der Waals surface area contributed by atoms with Gasteiger partial charge in [0.05, 0.1) is 0 Å². The van der Waals surface area contributed by atoms with E-state index in [1.807, 2.05) is 24.3 Å². The number of hydrogen-bond acceptors (Lipinski definition) is 0. The summed E-state index contributed by atoms with van der Waals surface area (Å²) in [5.41, 5.74) is 4.76. The third-order valence-corrected chi connectivity index (χ3v) is 5.13. The first-order valence-electron chi connectivity index (χ1n) is 11.3. The molecule has 2 rings (SSSR count). The lowest BCUT2D eigenvalue weighted by Gasteiger charge is -2.01. The normalized spacial score (nSPS) is 9.79. The molecule has 0 aliphatic carbocycles. The van der Waals surface area contributed by atoms with Gasteiger partial charge in [-0.15, -0.1) is 12.8 Å². The zero-order valence-corrected chi connectivity index (χ0v) is 18.6. The van der Waals surface area contributed by atoms with Crippen LogP contribution in [0.3, 0.4) is 0 Å². The lowest BCUT2D eigenvalue weighted by molar-refractivity contribution is 0.632. The largest absolute Gasteiger partial charge is 0.115 e. The molecule has 0 saturated heterocycles. The molecule has 29 heavy (non-hydrogen) atoms. The Kier molecular flexibility index (Phi) is 14.0. The molecule has 0 unspecified atom stereocenters. The van der Waals surface area contributed by atoms with Crippen molar-refractivity contribution in [3.8, 4) is 24.7 Å². The highest BCUT2D eigenvalue weighted by Gasteiger charge is 1.94. The first-order valence-corrected chi connectivity index (χ1v) is 11.3. The maximum absolute atomic E-state index is 5.30. The van der Waals surface area contributed by atoms with Gasteiger partial charge in [0.25, 0.3) is 0 Å². The van der Waals surface area contributed by atoms with Gasteiger partial charge in [-0.3, -0.25) is 0 Å². The van der Waals surface area contributed by atoms with Gasteiger partial charge in [0.15, 0.2) is 0 Å². The predicted molar refractivity (Wildman–Crippen MR) is 129 cm³/mol. The molecule has 0 radical (unpaired) electrons. The molecule has 0 aromatic heterocycles. The van der Waals surface area contributed by atoms with Crippen LogP contribution in [0.1, 0.15) is 93.9 Å². The highest BCUT2D eigenvalue weighted by molar-refractivity contribution is 5.34. The molecule has 0 atom stereocenters. The van der Waals surface area contributed by atoms with Crippen LogP contribution in [-0.2, 0) is 12.8 Å². The van der Waals surface area contributed by atoms with Crippen LogP contribution in [-0.4, -0.2) is 0 Å². The number of rotatable bonds is 11. The van der Waals surface area contributed by atoms with Crippen molar-refractivity contribution in [2.24, 2.45) is 0 Å². The molecule has 0 amide bonds. The minimum absolute atomic E-state index is 0.974. The Balaban J connectivity index is 0.000000291. The van der Waals surface area contributed by atoms with E-state index in [0.29, 0.717) is 0 Å². The van der Waals surface area contributed by atoms with Gasteiger partial charge in [0.2, 0.25) is 0 Å². The van der Waals surface area contributed by atoms with E-state index in [2.05, 4.69) is 50.0 Å². The summed E-state index contributed by atoms with van der Waals surface area (Å²) in [4.78, 5) is 0. The zero-order chi connectivity index (χ0) is 21.2. The molecule has 0 nitrogen and oxygen atoms in total. The van der Waals surface area contributed by atoms with E-state index >= 15 is 0 Å². The van der Waals surface area contributed by atoms with Crippen LogP contribution in [0.2, 0.25) is 0 Å². The zero-order valence-electron chi connectivity index (χ0n) is 18.6. The summed E-state index contributed by atoms with van der Waals surface area (Å²) in [7, 11) is 0. The van der Waals surface area contributed by atoms with E-state index in [9.17, 15) is 0 Å². The van der Waals surface area contributed by atoms with Crippen LogP contribution < -0.4 is 0 Å². The van der Waals surface area contributed by atoms with E-state index < -0.39 is 0 Å². The second kappa shape index (κ2) is 16.5. The molecule has 2 aromatic rings. The molecule has 0 bridgehead atoms. The molecule has 0 aliphatic rings. The van der Waals surface area contributed by atoms with Crippen LogP contribution in [0.15, 0.2) is 48.5 Å². The summed E-state index contributed by atoms with van der Waals surface area (Å²) >= 11 is 0. The lowest BCUT2D eigenvalue weighted by Crippen LogP contribution is -1.86. The Bertz CT molecular complexity index is 720. The summed E-state index contributed by atoms with van der Waals surface area (Å²) in [5.74, 6) is 5.27. The summed E-state index contributed by atoms with van der Waals surface area (Å²) in [6.07, 6.45) is 25.0. The standard InChI is InChI=1S/C15H20.C14H18/c1-3-5-6-7-8-9-15-12-10-14(4-2)11-13-15;1-3-5-6-7-8-14-11-9-13(4-2)10-12-14/h2,10-13H,3,5-9H2,1H3;2,9-12H,3,5-8H2,1H3. The number of terminal acetylenes is 2. The van der Waals surface area contributed by atoms with Gasteiger partial charge in [-0.1, -0.05) is 94.9 Å². The fraction of sp³-hybridized carbons (Fsp3) is 0.448. The summed E-state index contributed by atoms with van der Waals surface area (Å²) < 4.78 is 0. The van der Waals surface area contributed by atoms with Gasteiger partial charge in [0.1, 0.15) is 0 Å². The van der Waals surface area contributed by atoms with E-state index in [4.69, 9.17) is 12.8 Å². The molecule has 0 heterocycles. The van der Waals surface area contributed by atoms with Crippen LogP contribution in [0.25, 0.3) is 0 Å². The van der Waals surface area contributed by atoms with Gasteiger partial charge >= 0.3 is 0 Å². The first kappa shape index (κ1) is 24.6. The van der Waals surface area contributed by atoms with Crippen molar-refractivity contribution in [1.29, 1.82) is 0 Å². The lowest BCUT2D eigenvalue weighted by atomic mass is 10.0. The Morgan fingerprint density at radius 2 is 0.862 bits per heavy atom. The Hall–Kier alpha value is -2.44. The Labute approximate surface area is 180 Å². The van der Waals surface area contributed by atoms with E-state index in [1.165, 1.54) is 81.8 Å². The van der Waals surface area contributed by atoms with E-state index in [0.717, 1.165) is 11.1 Å². The van der Waals surface area contributed by atoms with Gasteiger partial charge < -0.3 is 0 Å². The third-order valence-electron chi connectivity index (χ3n) is 5.13. The maximum Gasteiger partial charge on any atom is 0.0242 e. The highest BCUT2D eigenvalue weighted by atomic mass is 14.0. The van der Waals surface area contributed by atoms with Gasteiger partial charge in [-0.2, -0.15) is 0 Å². The van der Waals surface area contributed by atoms with E-state index in [-0.39, 0.29) is 0 Å². The Morgan fingerprint density at radius 3 is 1.21 bits per heavy atom. The molecule has 0 N–H and O–H groups in total. The molecule has 0 aliphatic heterocycles. The maximum atomic E-state index is 5.30. The second-order valence-electron chi connectivity index (χ2n) is 7.66. The summed E-state index contributed by atoms with van der Waals surface area (Å²) in [6, 6.07) is 16.7. The average molecular weight is 387 g/mol. The van der Waals surface area contributed by atoms with Gasteiger partial charge in [0, 0.05) is 11.1 Å². The minimum atomic E-state index is 0.974. The topological polar surface area (TPSA) is 0 Å². The SMILES string of the molecule is C#Cc1ccc(CCCCCC)cc1.C#Cc1ccc(CCCCCCC)cc1. The highest BCUT2D eigenvalue weighted by Crippen LogP contribution is 2.10. The number of unbranched alkanes of at least 4 members (excludes halogenated alkanes) is 7. The number of aryl methyl sites for hydroxylation is 2. The van der Waals surface area contributed by atoms with Crippen LogP contribution in [0.4, 0.5) is 0 Å². The van der Waals surface area contributed by atoms with Crippen LogP contribution >= 0.6 is 0 Å². The quantitative estimate of drug-likeness (QED) is 0.271. The number of benzene rings is 2. The van der Waals surface area contributed by atoms with Crippen molar-refractivity contribution in [3.63, 3.8) is 0 Å². The summed E-state index contributed by atoms with van der Waals surface area (Å²) in [5, 5.41) is 0. The van der Waals surface area contributed by atoms with Crippen molar-refractivity contribution in [2.45, 2.75) is 84.5 Å². The molecule has 0 saturated carbocycles. The molecule has 0 fully saturated rings. The van der Waals surface area contributed by atoms with Crippen LogP contribution in [0.5, 0.6) is 0 Å². The molecule has 0 spiro atoms. The molecular formula is C29H38. The molecular weight excluding hydrogens is 348 g/mol. The fourth-order valence-corrected chi connectivity index (χ4v) is 3.22. The van der Waals surface area contributed by atoms with Crippen molar-refractivity contribution in [1.82, 2.24) is 0 Å². The van der Waals surface area contributed by atoms with Crippen LogP contribution in [0, 0.1) is 24.7 Å². The molecule has 0 heteroatoms. The molecule has 154 valence electrons. The fourth-order valence-electron chi connectivity index (χ4n) is 3.22. The minimum Gasteiger partial charge on any atom is -0.115 e. The van der Waals surface area contributed by atoms with E-state index in [1.54, 1.807) is 0 Å². The van der Waals surface area contributed by atoms with Gasteiger partial charge in [-0.05, 0) is 61.1 Å². The second-order valence-corrected chi connectivity index (χ2v) is 7.66. The van der Waals surface area contributed by atoms with Crippen molar-refractivity contribution in [2.75, 3.05) is 0 Å². The smallest absolute Gasteiger partial charge is 0.0242 e. The monoisotopic (exact) mass is 386 g/mol. The van der Waals surface area contributed by atoms with Crippen molar-refractivity contribution in [3.05, 3.63) is 70.8 Å². The summed E-state index contributed by atoms with van der Waals surface area (Å²) in [6.45, 7) is 4.49. The average Bonchev–Trinajstić information content (AvgIpc) is 2.78. The van der Waals surface area contributed by atoms with Crippen molar-refractivity contribution >= 4 is 0 Å². The Morgan fingerprint density at radius 1 is 0.517 bits per heavy atom. The third kappa shape index (κ3) is 11.9. The van der Waals surface area contributed by atoms with Crippen molar-refractivity contribution < 1.29 is 0 Å². The first-order chi connectivity index (χ1) is 14.2. The molecule has 2 aromatic carbocycles. The van der Waals surface area contributed by atoms with Gasteiger partial charge in [-0.25, -0.2) is 0 Å². The number of hydrogen-bond donors (Lipinski definition) is 0.